The third-order valence-corrected chi connectivity index (χ3v) is 12.7. The van der Waals surface area contributed by atoms with Crippen LogP contribution in [0.25, 0.3) is 22.6 Å². The van der Waals surface area contributed by atoms with Crippen LogP contribution in [0.5, 0.6) is 5.75 Å². The van der Waals surface area contributed by atoms with E-state index in [4.69, 9.17) is 40.0 Å². The first-order valence-electron chi connectivity index (χ1n) is 13.9. The first kappa shape index (κ1) is 30.5. The molecule has 0 saturated carbocycles. The Morgan fingerprint density at radius 2 is 1.90 bits per heavy atom. The zero-order chi connectivity index (χ0) is 29.1. The Labute approximate surface area is 244 Å². The zero-order valence-electron chi connectivity index (χ0n) is 24.8. The van der Waals surface area contributed by atoms with Gasteiger partial charge in [-0.1, -0.05) is 49.7 Å². The highest BCUT2D eigenvalue weighted by molar-refractivity contribution is 6.74. The van der Waals surface area contributed by atoms with Crippen LogP contribution in [0.4, 0.5) is 5.82 Å². The number of hydrogen-bond acceptors (Lipinski definition) is 8. The van der Waals surface area contributed by atoms with E-state index in [9.17, 15) is 0 Å². The Morgan fingerprint density at radius 3 is 2.55 bits per heavy atom. The molecule has 0 aliphatic carbocycles. The highest BCUT2D eigenvalue weighted by Gasteiger charge is 2.38. The highest BCUT2D eigenvalue weighted by atomic mass is 35.5. The Balaban J connectivity index is 1.60. The number of aromatic nitrogens is 3. The van der Waals surface area contributed by atoms with Crippen LogP contribution >= 0.6 is 11.6 Å². The third kappa shape index (κ3) is 7.24. The van der Waals surface area contributed by atoms with Crippen molar-refractivity contribution in [3.8, 4) is 28.4 Å². The number of aryl methyl sites for hydroxylation is 2. The van der Waals surface area contributed by atoms with Gasteiger partial charge < -0.3 is 23.7 Å². The molecule has 0 bridgehead atoms. The van der Waals surface area contributed by atoms with Crippen molar-refractivity contribution in [2.75, 3.05) is 31.7 Å². The standard InChI is InChI=1S/C30H42ClN4O4Si/c1-19(39-40(7,8)30(4,5)6)18-37-24-11-9-10-23(16-24)28-33-27(25-20(2)35-38-21(25)3)26(31)29(34-28)32-17-22-12-14-36-15-13-22/h9-11,16,19,22H,1,12-15,17-18H2,2-8H3,(H,32,33,34). The van der Waals surface area contributed by atoms with Crippen LogP contribution in [0.3, 0.4) is 0 Å². The molecule has 1 unspecified atom stereocenters. The quantitative estimate of drug-likeness (QED) is 0.244. The van der Waals surface area contributed by atoms with Gasteiger partial charge in [0.05, 0.1) is 17.4 Å². The molecule has 1 fully saturated rings. The molecule has 1 saturated heterocycles. The molecule has 0 spiro atoms. The fraction of sp³-hybridized carbons (Fsp3) is 0.533. The molecular formula is C30H42ClN4O4Si. The smallest absolute Gasteiger partial charge is 0.192 e. The number of halogens is 1. The van der Waals surface area contributed by atoms with E-state index in [2.05, 4.69) is 51.3 Å². The molecule has 1 aromatic carbocycles. The Bertz CT molecular complexity index is 1280. The van der Waals surface area contributed by atoms with Gasteiger partial charge in [0.15, 0.2) is 14.1 Å². The number of ether oxygens (including phenoxy) is 2. The maximum absolute atomic E-state index is 6.90. The molecule has 1 atom stereocenters. The summed E-state index contributed by atoms with van der Waals surface area (Å²) in [5.74, 6) is 2.95. The number of rotatable bonds is 10. The van der Waals surface area contributed by atoms with Gasteiger partial charge >= 0.3 is 0 Å². The molecule has 1 aliphatic rings. The summed E-state index contributed by atoms with van der Waals surface area (Å²) in [5.41, 5.74) is 2.89. The lowest BCUT2D eigenvalue weighted by molar-refractivity contribution is 0.0699. The summed E-state index contributed by atoms with van der Waals surface area (Å²) < 4.78 is 23.4. The van der Waals surface area contributed by atoms with E-state index in [1.165, 1.54) is 0 Å². The van der Waals surface area contributed by atoms with Gasteiger partial charge in [0.1, 0.15) is 34.7 Å². The van der Waals surface area contributed by atoms with Crippen LogP contribution < -0.4 is 10.1 Å². The molecule has 3 aromatic rings. The molecule has 0 amide bonds. The summed E-state index contributed by atoms with van der Waals surface area (Å²) in [6.07, 6.45) is 1.74. The predicted molar refractivity (Wildman–Crippen MR) is 162 cm³/mol. The maximum Gasteiger partial charge on any atom is 0.192 e. The normalized spacial score (nSPS) is 15.7. The summed E-state index contributed by atoms with van der Waals surface area (Å²) in [6.45, 7) is 21.7. The second kappa shape index (κ2) is 12.6. The van der Waals surface area contributed by atoms with Gasteiger partial charge in [-0.2, -0.15) is 0 Å². The number of anilines is 1. The fourth-order valence-electron chi connectivity index (χ4n) is 4.41. The predicted octanol–water partition coefficient (Wildman–Crippen LogP) is 7.51. The fourth-order valence-corrected chi connectivity index (χ4v) is 5.91. The van der Waals surface area contributed by atoms with E-state index in [0.29, 0.717) is 46.4 Å². The average Bonchev–Trinajstić information content (AvgIpc) is 3.24. The van der Waals surface area contributed by atoms with Gasteiger partial charge in [0, 0.05) is 25.3 Å². The van der Waals surface area contributed by atoms with E-state index in [1.807, 2.05) is 38.1 Å². The van der Waals surface area contributed by atoms with E-state index in [-0.39, 0.29) is 11.1 Å². The third-order valence-electron chi connectivity index (χ3n) is 7.82. The molecule has 8 nitrogen and oxygen atoms in total. The van der Waals surface area contributed by atoms with Crippen LogP contribution in [-0.2, 0) is 9.16 Å². The molecule has 1 N–H and O–H groups in total. The Hall–Kier alpha value is -2.46. The molecule has 40 heavy (non-hydrogen) atoms. The molecule has 10 heteroatoms. The van der Waals surface area contributed by atoms with Crippen molar-refractivity contribution >= 4 is 25.7 Å². The molecular weight excluding hydrogens is 544 g/mol. The van der Waals surface area contributed by atoms with E-state index in [0.717, 1.165) is 49.4 Å². The summed E-state index contributed by atoms with van der Waals surface area (Å²) in [4.78, 5) is 9.73. The van der Waals surface area contributed by atoms with Crippen LogP contribution in [-0.4, -0.2) is 55.9 Å². The van der Waals surface area contributed by atoms with Crippen LogP contribution in [0.2, 0.25) is 23.2 Å². The topological polar surface area (TPSA) is 91.5 Å². The first-order valence-corrected chi connectivity index (χ1v) is 17.2. The van der Waals surface area contributed by atoms with Gasteiger partial charge in [0.2, 0.25) is 0 Å². The van der Waals surface area contributed by atoms with E-state index >= 15 is 0 Å². The van der Waals surface area contributed by atoms with Gasteiger partial charge in [-0.3, -0.25) is 0 Å². The van der Waals surface area contributed by atoms with Gasteiger partial charge in [-0.15, -0.1) is 0 Å². The minimum Gasteiger partial charge on any atom is -0.491 e. The van der Waals surface area contributed by atoms with E-state index in [1.54, 1.807) is 0 Å². The molecule has 1 aliphatic heterocycles. The maximum atomic E-state index is 6.90. The van der Waals surface area contributed by atoms with Crippen molar-refractivity contribution in [2.24, 2.45) is 5.92 Å². The number of nitrogens with one attached hydrogen (secondary N) is 1. The second-order valence-corrected chi connectivity index (χ2v) is 17.2. The summed E-state index contributed by atoms with van der Waals surface area (Å²) in [6, 6.07) is 7.74. The Morgan fingerprint density at radius 1 is 1.18 bits per heavy atom. The van der Waals surface area contributed by atoms with Crippen LogP contribution in [0, 0.1) is 26.7 Å². The summed E-state index contributed by atoms with van der Waals surface area (Å²) >= 11 is 6.90. The van der Waals surface area contributed by atoms with Gasteiger partial charge in [-0.25, -0.2) is 9.97 Å². The Kier molecular flexibility index (Phi) is 9.60. The molecule has 1 radical (unpaired) electrons. The minimum atomic E-state index is -1.95. The largest absolute Gasteiger partial charge is 0.491 e. The van der Waals surface area contributed by atoms with Crippen LogP contribution in [0.1, 0.15) is 45.1 Å². The molecule has 4 rings (SSSR count). The minimum absolute atomic E-state index is 0.101. The number of nitrogens with zero attached hydrogens (tertiary/aromatic N) is 3. The monoisotopic (exact) mass is 585 g/mol. The van der Waals surface area contributed by atoms with Crippen molar-refractivity contribution in [1.82, 2.24) is 15.1 Å². The second-order valence-electron chi connectivity index (χ2n) is 12.0. The van der Waals surface area contributed by atoms with Crippen molar-refractivity contribution < 1.29 is 18.4 Å². The zero-order valence-corrected chi connectivity index (χ0v) is 26.5. The van der Waals surface area contributed by atoms with Crippen molar-refractivity contribution in [3.63, 3.8) is 0 Å². The van der Waals surface area contributed by atoms with Crippen molar-refractivity contribution in [3.05, 3.63) is 47.7 Å². The number of hydrogen-bond donors (Lipinski definition) is 1. The van der Waals surface area contributed by atoms with Crippen molar-refractivity contribution in [2.45, 2.75) is 71.7 Å². The highest BCUT2D eigenvalue weighted by Crippen LogP contribution is 2.38. The van der Waals surface area contributed by atoms with Gasteiger partial charge in [0.25, 0.3) is 0 Å². The van der Waals surface area contributed by atoms with E-state index < -0.39 is 8.32 Å². The average molecular weight is 586 g/mol. The summed E-state index contributed by atoms with van der Waals surface area (Å²) in [5, 5.41) is 8.14. The van der Waals surface area contributed by atoms with Crippen LogP contribution in [0.15, 0.2) is 28.8 Å². The number of benzene rings is 1. The SMILES string of the molecule is [CH2]C(COc1cccc(-c2nc(NCC3CCOCC3)c(Cl)c(-c3c(C)noc3C)n2)c1)O[Si](C)(C)C(C)(C)C. The lowest BCUT2D eigenvalue weighted by Gasteiger charge is -2.38. The molecule has 2 aromatic heterocycles. The van der Waals surface area contributed by atoms with Crippen molar-refractivity contribution in [1.29, 1.82) is 0 Å². The lowest BCUT2D eigenvalue weighted by atomic mass is 10.0. The van der Waals surface area contributed by atoms with Gasteiger partial charge in [-0.05, 0) is 69.8 Å². The lowest BCUT2D eigenvalue weighted by Crippen LogP contribution is -2.44. The molecule has 217 valence electrons. The summed E-state index contributed by atoms with van der Waals surface area (Å²) in [7, 11) is -1.95. The molecule has 3 heterocycles. The first-order chi connectivity index (χ1) is 18.9.